The van der Waals surface area contributed by atoms with Crippen molar-refractivity contribution in [2.45, 2.75) is 70.9 Å². The molecule has 0 saturated carbocycles. The monoisotopic (exact) mass is 656 g/mol. The first-order valence-corrected chi connectivity index (χ1v) is 17.2. The Morgan fingerprint density at radius 3 is 2.27 bits per heavy atom. The number of hydrogen-bond acceptors (Lipinski definition) is 9. The molecule has 2 aliphatic heterocycles. The molecule has 4 heterocycles. The number of rotatable bonds is 6. The van der Waals surface area contributed by atoms with Gasteiger partial charge in [0.1, 0.15) is 5.00 Å². The number of fused-ring (bicyclic) bond motifs is 1. The Kier molecular flexibility index (Phi) is 8.72. The number of carbonyl (C=O) groups excluding carboxylic acids is 3. The Bertz CT molecular complexity index is 1750. The molecule has 0 unspecified atom stereocenters. The summed E-state index contributed by atoms with van der Waals surface area (Å²) in [6, 6.07) is 7.56. The third-order valence-corrected chi connectivity index (χ3v) is 11.4. The fraction of sp³-hybridized carbons (Fsp3) is 0.484. The van der Waals surface area contributed by atoms with E-state index in [1.165, 1.54) is 49.5 Å². The average molecular weight is 657 g/mol. The van der Waals surface area contributed by atoms with Crippen LogP contribution in [0.25, 0.3) is 0 Å². The molecule has 0 spiro atoms. The zero-order valence-corrected chi connectivity index (χ0v) is 28.3. The molecule has 1 fully saturated rings. The van der Waals surface area contributed by atoms with Gasteiger partial charge in [0.2, 0.25) is 10.0 Å². The van der Waals surface area contributed by atoms with Crippen molar-refractivity contribution in [2.75, 3.05) is 38.1 Å². The van der Waals surface area contributed by atoms with Gasteiger partial charge in [-0.1, -0.05) is 0 Å². The van der Waals surface area contributed by atoms with Gasteiger partial charge >= 0.3 is 6.09 Å². The highest BCUT2D eigenvalue weighted by molar-refractivity contribution is 7.89. The van der Waals surface area contributed by atoms with E-state index in [2.05, 4.69) is 43.4 Å². The van der Waals surface area contributed by atoms with Crippen LogP contribution in [-0.2, 0) is 26.7 Å². The first kappa shape index (κ1) is 32.8. The van der Waals surface area contributed by atoms with Crippen LogP contribution in [0.3, 0.4) is 0 Å². The predicted octanol–water partition coefficient (Wildman–Crippen LogP) is 4.12. The standard InChI is InChI=1S/C31H40N6O6S2/c1-8-43-29(40)35-13-15-36(16-14-35)45(41,42)22-11-9-21(10-12-22)26(38)32-27-24(28(39)37-20(3)17-19(2)33-37)23-18-30(4,5)34-31(6,7)25(23)44-27/h9-12,17,34H,8,13-16,18H2,1-7H3,(H,32,38). The number of anilines is 1. The fourth-order valence-corrected chi connectivity index (χ4v) is 8.90. The first-order chi connectivity index (χ1) is 21.0. The Morgan fingerprint density at radius 2 is 1.69 bits per heavy atom. The van der Waals surface area contributed by atoms with E-state index in [4.69, 9.17) is 4.74 Å². The van der Waals surface area contributed by atoms with Crippen LogP contribution in [0.1, 0.15) is 77.2 Å². The van der Waals surface area contributed by atoms with E-state index in [0.29, 0.717) is 28.4 Å². The summed E-state index contributed by atoms with van der Waals surface area (Å²) in [7, 11) is -3.84. The zero-order chi connectivity index (χ0) is 32.9. The summed E-state index contributed by atoms with van der Waals surface area (Å²) in [5.41, 5.74) is 2.21. The number of carbonyl (C=O) groups is 3. The van der Waals surface area contributed by atoms with Crippen LogP contribution in [0.2, 0.25) is 0 Å². The summed E-state index contributed by atoms with van der Waals surface area (Å²) < 4.78 is 34.3. The normalized spacial score (nSPS) is 17.9. The van der Waals surface area contributed by atoms with Crippen molar-refractivity contribution >= 4 is 44.3 Å². The van der Waals surface area contributed by atoms with Crippen LogP contribution in [-0.4, -0.2) is 83.6 Å². The maximum Gasteiger partial charge on any atom is 0.409 e. The summed E-state index contributed by atoms with van der Waals surface area (Å²) in [6.45, 7) is 14.6. The van der Waals surface area contributed by atoms with Crippen LogP contribution in [0.15, 0.2) is 35.2 Å². The third-order valence-electron chi connectivity index (χ3n) is 8.01. The number of thiophene rings is 1. The van der Waals surface area contributed by atoms with Gasteiger partial charge in [-0.15, -0.1) is 11.3 Å². The minimum Gasteiger partial charge on any atom is -0.450 e. The Morgan fingerprint density at radius 1 is 1.04 bits per heavy atom. The van der Waals surface area contributed by atoms with Crippen molar-refractivity contribution in [3.05, 3.63) is 63.3 Å². The summed E-state index contributed by atoms with van der Waals surface area (Å²) in [4.78, 5) is 42.0. The number of piperazine rings is 1. The van der Waals surface area contributed by atoms with E-state index in [9.17, 15) is 22.8 Å². The number of nitrogens with one attached hydrogen (secondary N) is 2. The molecule has 0 aliphatic carbocycles. The highest BCUT2D eigenvalue weighted by Gasteiger charge is 2.42. The highest BCUT2D eigenvalue weighted by atomic mass is 32.2. The third kappa shape index (κ3) is 6.41. The lowest BCUT2D eigenvalue weighted by Gasteiger charge is -2.42. The van der Waals surface area contributed by atoms with Crippen LogP contribution in [0, 0.1) is 13.8 Å². The SMILES string of the molecule is CCOC(=O)N1CCN(S(=O)(=O)c2ccc(C(=O)Nc3sc4c(c3C(=O)n3nc(C)cc3C)CC(C)(C)NC4(C)C)cc2)CC1. The Balaban J connectivity index is 1.40. The van der Waals surface area contributed by atoms with E-state index < -0.39 is 27.6 Å². The number of nitrogens with zero attached hydrogens (tertiary/aromatic N) is 4. The molecule has 2 N–H and O–H groups in total. The fourth-order valence-electron chi connectivity index (χ4n) is 6.21. The number of hydrogen-bond donors (Lipinski definition) is 2. The van der Waals surface area contributed by atoms with Crippen LogP contribution >= 0.6 is 11.3 Å². The van der Waals surface area contributed by atoms with E-state index in [1.54, 1.807) is 6.92 Å². The van der Waals surface area contributed by atoms with E-state index in [0.717, 1.165) is 10.4 Å². The topological polar surface area (TPSA) is 143 Å². The van der Waals surface area contributed by atoms with Crippen molar-refractivity contribution in [3.63, 3.8) is 0 Å². The van der Waals surface area contributed by atoms with Crippen molar-refractivity contribution in [2.24, 2.45) is 0 Å². The number of sulfonamides is 1. The minimum atomic E-state index is -3.84. The quantitative estimate of drug-likeness (QED) is 0.404. The van der Waals surface area contributed by atoms with Gasteiger partial charge in [-0.2, -0.15) is 9.40 Å². The molecule has 2 amide bonds. The number of amides is 2. The molecule has 1 saturated heterocycles. The van der Waals surface area contributed by atoms with Crippen LogP contribution in [0.5, 0.6) is 0 Å². The van der Waals surface area contributed by atoms with E-state index >= 15 is 0 Å². The minimum absolute atomic E-state index is 0.0469. The second-order valence-electron chi connectivity index (χ2n) is 12.6. The van der Waals surface area contributed by atoms with Gasteiger partial charge in [0, 0.05) is 53.4 Å². The molecule has 3 aromatic rings. The van der Waals surface area contributed by atoms with Gasteiger partial charge in [-0.05, 0) is 90.8 Å². The molecule has 45 heavy (non-hydrogen) atoms. The molecule has 12 nitrogen and oxygen atoms in total. The van der Waals surface area contributed by atoms with E-state index in [-0.39, 0.29) is 54.7 Å². The Hall–Kier alpha value is -3.59. The largest absolute Gasteiger partial charge is 0.450 e. The van der Waals surface area contributed by atoms with Crippen LogP contribution < -0.4 is 10.6 Å². The summed E-state index contributed by atoms with van der Waals surface area (Å²) in [5.74, 6) is -0.778. The van der Waals surface area contributed by atoms with Crippen molar-refractivity contribution in [1.29, 1.82) is 0 Å². The molecule has 2 aromatic heterocycles. The zero-order valence-electron chi connectivity index (χ0n) is 26.7. The lowest BCUT2D eigenvalue weighted by Crippen LogP contribution is -2.55. The number of aromatic nitrogens is 2. The number of ether oxygens (including phenoxy) is 1. The van der Waals surface area contributed by atoms with Gasteiger partial charge in [0.15, 0.2) is 0 Å². The summed E-state index contributed by atoms with van der Waals surface area (Å²) in [5, 5.41) is 11.4. The van der Waals surface area contributed by atoms with Gasteiger partial charge in [0.05, 0.1) is 22.8 Å². The van der Waals surface area contributed by atoms with E-state index in [1.807, 2.05) is 19.9 Å². The molecule has 14 heteroatoms. The summed E-state index contributed by atoms with van der Waals surface area (Å²) >= 11 is 1.36. The average Bonchev–Trinajstić information content (AvgIpc) is 3.50. The van der Waals surface area contributed by atoms with Gasteiger partial charge < -0.3 is 20.3 Å². The first-order valence-electron chi connectivity index (χ1n) is 14.9. The molecular formula is C31H40N6O6S2. The molecule has 5 rings (SSSR count). The van der Waals surface area contributed by atoms with Gasteiger partial charge in [-0.3, -0.25) is 9.59 Å². The molecule has 0 atom stereocenters. The number of benzene rings is 1. The lowest BCUT2D eigenvalue weighted by molar-refractivity contribution is 0.0930. The molecule has 0 bridgehead atoms. The summed E-state index contributed by atoms with van der Waals surface area (Å²) in [6.07, 6.45) is 0.124. The maximum absolute atomic E-state index is 14.0. The van der Waals surface area contributed by atoms with Crippen molar-refractivity contribution in [3.8, 4) is 0 Å². The van der Waals surface area contributed by atoms with Gasteiger partial charge in [0.25, 0.3) is 11.8 Å². The second kappa shape index (κ2) is 12.0. The van der Waals surface area contributed by atoms with Crippen LogP contribution in [0.4, 0.5) is 9.80 Å². The molecular weight excluding hydrogens is 617 g/mol. The van der Waals surface area contributed by atoms with Crippen molar-refractivity contribution in [1.82, 2.24) is 24.3 Å². The number of aryl methyl sites for hydroxylation is 2. The maximum atomic E-state index is 14.0. The smallest absolute Gasteiger partial charge is 0.409 e. The molecule has 242 valence electrons. The lowest BCUT2D eigenvalue weighted by atomic mass is 9.81. The predicted molar refractivity (Wildman–Crippen MR) is 171 cm³/mol. The molecule has 2 aliphatic rings. The van der Waals surface area contributed by atoms with Gasteiger partial charge in [-0.25, -0.2) is 17.9 Å². The second-order valence-corrected chi connectivity index (χ2v) is 15.6. The molecule has 0 radical (unpaired) electrons. The van der Waals surface area contributed by atoms with Crippen molar-refractivity contribution < 1.29 is 27.5 Å². The molecule has 1 aromatic carbocycles. The highest BCUT2D eigenvalue weighted by Crippen LogP contribution is 2.45. The Labute approximate surface area is 267 Å².